The molecule has 1 aromatic carbocycles. The first-order valence-corrected chi connectivity index (χ1v) is 11.7. The third-order valence-electron chi connectivity index (χ3n) is 5.73. The van der Waals surface area contributed by atoms with Gasteiger partial charge in [0, 0.05) is 19.3 Å². The van der Waals surface area contributed by atoms with Crippen molar-refractivity contribution in [1.29, 1.82) is 0 Å². The number of benzene rings is 1. The van der Waals surface area contributed by atoms with Crippen LogP contribution in [0.5, 0.6) is 5.75 Å². The number of H-pyrrole nitrogens is 1. The van der Waals surface area contributed by atoms with Crippen LogP contribution < -0.4 is 15.1 Å². The molecule has 0 atom stereocenters. The van der Waals surface area contributed by atoms with Gasteiger partial charge in [-0.05, 0) is 32.4 Å². The molecule has 6 nitrogen and oxygen atoms in total. The smallest absolute Gasteiger partial charge is 0.343 e. The van der Waals surface area contributed by atoms with E-state index in [1.165, 1.54) is 51.8 Å². The average molecular weight is 431 g/mol. The first kappa shape index (κ1) is 24.8. The molecule has 0 radical (unpaired) electrons. The summed E-state index contributed by atoms with van der Waals surface area (Å²) in [7, 11) is 1.27. The number of aromatic amines is 1. The predicted molar refractivity (Wildman–Crippen MR) is 128 cm³/mol. The van der Waals surface area contributed by atoms with Gasteiger partial charge in [0.15, 0.2) is 0 Å². The van der Waals surface area contributed by atoms with Gasteiger partial charge < -0.3 is 19.4 Å². The van der Waals surface area contributed by atoms with E-state index >= 15 is 0 Å². The highest BCUT2D eigenvalue weighted by Crippen LogP contribution is 2.32. The molecule has 0 saturated carbocycles. The van der Waals surface area contributed by atoms with E-state index in [0.717, 1.165) is 31.6 Å². The van der Waals surface area contributed by atoms with Gasteiger partial charge in [-0.3, -0.25) is 4.79 Å². The Morgan fingerprint density at radius 3 is 2.23 bits per heavy atom. The number of hydrogen-bond acceptors (Lipinski definition) is 5. The van der Waals surface area contributed by atoms with Crippen molar-refractivity contribution in [2.24, 2.45) is 0 Å². The summed E-state index contributed by atoms with van der Waals surface area (Å²) in [6.07, 6.45) is 11.3. The molecular weight excluding hydrogens is 392 g/mol. The lowest BCUT2D eigenvalue weighted by molar-refractivity contribution is 0.0599. The van der Waals surface area contributed by atoms with Gasteiger partial charge in [0.2, 0.25) is 5.43 Å². The van der Waals surface area contributed by atoms with Gasteiger partial charge in [0.05, 0.1) is 30.3 Å². The molecule has 1 aromatic heterocycles. The van der Waals surface area contributed by atoms with E-state index in [-0.39, 0.29) is 11.0 Å². The molecule has 6 heteroatoms. The molecule has 0 amide bonds. The summed E-state index contributed by atoms with van der Waals surface area (Å²) in [5.74, 6) is 0.0454. The number of aromatic nitrogens is 1. The van der Waals surface area contributed by atoms with Crippen LogP contribution in [0.25, 0.3) is 10.9 Å². The predicted octanol–water partition coefficient (Wildman–Crippen LogP) is 5.68. The third kappa shape index (κ3) is 6.74. The third-order valence-corrected chi connectivity index (χ3v) is 5.73. The minimum absolute atomic E-state index is 0.000359. The van der Waals surface area contributed by atoms with Crippen LogP contribution in [0.15, 0.2) is 23.1 Å². The maximum atomic E-state index is 12.8. The van der Waals surface area contributed by atoms with Crippen molar-refractivity contribution in [1.82, 2.24) is 4.98 Å². The van der Waals surface area contributed by atoms with Crippen LogP contribution >= 0.6 is 0 Å². The molecule has 0 bridgehead atoms. The number of unbranched alkanes of at least 4 members (excludes halogenated alkanes) is 7. The van der Waals surface area contributed by atoms with Gasteiger partial charge in [0.1, 0.15) is 11.3 Å². The molecule has 0 aliphatic carbocycles. The van der Waals surface area contributed by atoms with E-state index in [0.29, 0.717) is 23.3 Å². The molecule has 1 heterocycles. The SMILES string of the molecule is CCCCCCCCCCOc1cc2c(=O)c(C(=O)OC)c[nH]c2cc1N(CC)CC. The molecule has 0 unspecified atom stereocenters. The summed E-state index contributed by atoms with van der Waals surface area (Å²) in [5, 5.41) is 0.435. The number of pyridine rings is 1. The lowest BCUT2D eigenvalue weighted by atomic mass is 10.1. The number of fused-ring (bicyclic) bond motifs is 1. The molecule has 1 N–H and O–H groups in total. The van der Waals surface area contributed by atoms with E-state index in [1.807, 2.05) is 6.07 Å². The number of esters is 1. The number of carbonyl (C=O) groups excluding carboxylic acids is 1. The minimum atomic E-state index is -0.641. The van der Waals surface area contributed by atoms with Crippen molar-refractivity contribution < 1.29 is 14.3 Å². The maximum Gasteiger partial charge on any atom is 0.343 e. The Morgan fingerprint density at radius 2 is 1.61 bits per heavy atom. The maximum absolute atomic E-state index is 12.8. The van der Waals surface area contributed by atoms with Crippen molar-refractivity contribution in [2.75, 3.05) is 31.7 Å². The number of ether oxygens (including phenoxy) is 2. The van der Waals surface area contributed by atoms with Crippen molar-refractivity contribution >= 4 is 22.6 Å². The number of hydrogen-bond donors (Lipinski definition) is 1. The quantitative estimate of drug-likeness (QED) is 0.308. The van der Waals surface area contributed by atoms with Crippen LogP contribution in [0.3, 0.4) is 0 Å². The zero-order valence-corrected chi connectivity index (χ0v) is 19.6. The Kier molecular flexibility index (Phi) is 10.4. The minimum Gasteiger partial charge on any atom is -0.491 e. The van der Waals surface area contributed by atoms with Gasteiger partial charge in [-0.1, -0.05) is 51.9 Å². The van der Waals surface area contributed by atoms with Crippen molar-refractivity contribution in [2.45, 2.75) is 72.1 Å². The van der Waals surface area contributed by atoms with E-state index in [9.17, 15) is 9.59 Å². The standard InChI is InChI=1S/C25H38N2O4/c1-5-8-9-10-11-12-13-14-15-31-23-16-19-21(17-22(23)27(6-2)7-3)26-18-20(24(19)28)25(29)30-4/h16-18H,5-15H2,1-4H3,(H,26,28). The Labute approximate surface area is 185 Å². The zero-order chi connectivity index (χ0) is 22.6. The highest BCUT2D eigenvalue weighted by molar-refractivity contribution is 5.95. The first-order chi connectivity index (χ1) is 15.1. The highest BCUT2D eigenvalue weighted by Gasteiger charge is 2.17. The Balaban J connectivity index is 2.15. The van der Waals surface area contributed by atoms with E-state index < -0.39 is 5.97 Å². The monoisotopic (exact) mass is 430 g/mol. The van der Waals surface area contributed by atoms with Crippen LogP contribution in [0, 0.1) is 0 Å². The van der Waals surface area contributed by atoms with Crippen molar-refractivity contribution in [3.8, 4) is 5.75 Å². The second-order valence-electron chi connectivity index (χ2n) is 7.88. The van der Waals surface area contributed by atoms with E-state index in [4.69, 9.17) is 9.47 Å². The first-order valence-electron chi connectivity index (χ1n) is 11.7. The van der Waals surface area contributed by atoms with Gasteiger partial charge in [0.25, 0.3) is 0 Å². The zero-order valence-electron chi connectivity index (χ0n) is 19.6. The van der Waals surface area contributed by atoms with Crippen LogP contribution in [-0.4, -0.2) is 37.8 Å². The van der Waals surface area contributed by atoms with Crippen LogP contribution in [0.1, 0.15) is 82.5 Å². The van der Waals surface area contributed by atoms with Gasteiger partial charge in [-0.25, -0.2) is 4.79 Å². The fraction of sp³-hybridized carbons (Fsp3) is 0.600. The normalized spacial score (nSPS) is 11.0. The van der Waals surface area contributed by atoms with Crippen LogP contribution in [0.4, 0.5) is 5.69 Å². The van der Waals surface area contributed by atoms with Gasteiger partial charge in [-0.2, -0.15) is 0 Å². The number of nitrogens with zero attached hydrogens (tertiary/aromatic N) is 1. The Morgan fingerprint density at radius 1 is 0.968 bits per heavy atom. The van der Waals surface area contributed by atoms with E-state index in [2.05, 4.69) is 30.7 Å². The Hall–Kier alpha value is -2.50. The molecule has 0 saturated heterocycles. The highest BCUT2D eigenvalue weighted by atomic mass is 16.5. The molecule has 31 heavy (non-hydrogen) atoms. The molecule has 2 aromatic rings. The molecule has 2 rings (SSSR count). The average Bonchev–Trinajstić information content (AvgIpc) is 2.79. The molecule has 0 aliphatic rings. The lowest BCUT2D eigenvalue weighted by Gasteiger charge is -2.24. The summed E-state index contributed by atoms with van der Waals surface area (Å²) in [6, 6.07) is 3.70. The largest absolute Gasteiger partial charge is 0.491 e. The lowest BCUT2D eigenvalue weighted by Crippen LogP contribution is -2.23. The summed E-state index contributed by atoms with van der Waals surface area (Å²) in [4.78, 5) is 30.0. The van der Waals surface area contributed by atoms with Gasteiger partial charge in [-0.15, -0.1) is 0 Å². The van der Waals surface area contributed by atoms with Crippen LogP contribution in [-0.2, 0) is 4.74 Å². The molecule has 172 valence electrons. The fourth-order valence-corrected chi connectivity index (χ4v) is 3.84. The van der Waals surface area contributed by atoms with Crippen molar-refractivity contribution in [3.63, 3.8) is 0 Å². The summed E-state index contributed by atoms with van der Waals surface area (Å²) in [6.45, 7) is 8.71. The number of rotatable bonds is 14. The summed E-state index contributed by atoms with van der Waals surface area (Å²) in [5.41, 5.74) is 1.29. The second kappa shape index (κ2) is 13.0. The summed E-state index contributed by atoms with van der Waals surface area (Å²) >= 11 is 0. The molecule has 0 fully saturated rings. The number of nitrogens with one attached hydrogen (secondary N) is 1. The molecule has 0 spiro atoms. The number of anilines is 1. The number of methoxy groups -OCH3 is 1. The second-order valence-corrected chi connectivity index (χ2v) is 7.88. The van der Waals surface area contributed by atoms with Crippen LogP contribution in [0.2, 0.25) is 0 Å². The summed E-state index contributed by atoms with van der Waals surface area (Å²) < 4.78 is 10.9. The van der Waals surface area contributed by atoms with Crippen molar-refractivity contribution in [3.05, 3.63) is 34.1 Å². The van der Waals surface area contributed by atoms with Gasteiger partial charge >= 0.3 is 5.97 Å². The van der Waals surface area contributed by atoms with E-state index in [1.54, 1.807) is 6.07 Å². The topological polar surface area (TPSA) is 71.6 Å². The fourth-order valence-electron chi connectivity index (χ4n) is 3.84. The number of carbonyl (C=O) groups is 1. The Bertz CT molecular complexity index is 887. The molecule has 0 aliphatic heterocycles. The molecular formula is C25H38N2O4.